The normalized spacial score (nSPS) is 12.7. The second kappa shape index (κ2) is 6.49. The van der Waals surface area contributed by atoms with E-state index in [2.05, 4.69) is 121 Å². The fourth-order valence-corrected chi connectivity index (χ4v) is 7.50. The van der Waals surface area contributed by atoms with Crippen molar-refractivity contribution >= 4 is 97.0 Å². The molecule has 0 heterocycles. The Morgan fingerprint density at radius 3 is 1.32 bits per heavy atom. The molecule has 10 rings (SSSR count). The lowest BCUT2D eigenvalue weighted by atomic mass is 9.93. The van der Waals surface area contributed by atoms with Crippen molar-refractivity contribution in [3.63, 3.8) is 0 Å². The molecule has 0 aliphatic carbocycles. The SMILES string of the molecule is c1ccc2cc3c(cc2c1)c1cccc2c4cc5c6ccc7ccccc7c6c6cccc(c4cc3c12)c56. The first-order valence-corrected chi connectivity index (χ1v) is 13.4. The minimum atomic E-state index is 1.30. The van der Waals surface area contributed by atoms with Crippen LogP contribution in [0.5, 0.6) is 0 Å². The van der Waals surface area contributed by atoms with E-state index >= 15 is 0 Å². The standard InChI is InChI=1S/C38H20/c1-2-9-23-18-31-30(17-22(23)8-1)25-11-5-12-26-32-19-34-28-16-15-21-7-3-4-10-24(21)36(28)29-14-6-13-27(38(29)34)33(32)20-35(31)37(25)26/h1-20H. The summed E-state index contributed by atoms with van der Waals surface area (Å²) in [6.45, 7) is 0. The average molecular weight is 477 g/mol. The minimum absolute atomic E-state index is 1.30. The summed E-state index contributed by atoms with van der Waals surface area (Å²) in [5.74, 6) is 0. The zero-order chi connectivity index (χ0) is 24.5. The van der Waals surface area contributed by atoms with Crippen LogP contribution in [0.4, 0.5) is 0 Å². The molecular formula is C38H20. The zero-order valence-electron chi connectivity index (χ0n) is 20.5. The average Bonchev–Trinajstić information content (AvgIpc) is 3.47. The van der Waals surface area contributed by atoms with E-state index in [4.69, 9.17) is 0 Å². The van der Waals surface area contributed by atoms with E-state index in [-0.39, 0.29) is 0 Å². The fourth-order valence-electron chi connectivity index (χ4n) is 7.50. The Labute approximate surface area is 218 Å². The molecule has 0 atom stereocenters. The highest BCUT2D eigenvalue weighted by Crippen LogP contribution is 2.48. The third-order valence-corrected chi connectivity index (χ3v) is 9.07. The van der Waals surface area contributed by atoms with Crippen LogP contribution in [0.25, 0.3) is 97.0 Å². The van der Waals surface area contributed by atoms with E-state index in [1.165, 1.54) is 97.0 Å². The van der Waals surface area contributed by atoms with Gasteiger partial charge in [-0.1, -0.05) is 97.1 Å². The molecular weight excluding hydrogens is 456 g/mol. The van der Waals surface area contributed by atoms with Gasteiger partial charge in [0.15, 0.2) is 0 Å². The van der Waals surface area contributed by atoms with Gasteiger partial charge >= 0.3 is 0 Å². The van der Waals surface area contributed by atoms with Gasteiger partial charge in [-0.3, -0.25) is 0 Å². The molecule has 0 aliphatic rings. The molecule has 0 heteroatoms. The van der Waals surface area contributed by atoms with Crippen molar-refractivity contribution in [1.29, 1.82) is 0 Å². The highest BCUT2D eigenvalue weighted by atomic mass is 14.2. The number of fused-ring (bicyclic) bond motifs is 12. The molecule has 10 aromatic rings. The molecule has 0 unspecified atom stereocenters. The quantitative estimate of drug-likeness (QED) is 0.191. The Hall–Kier alpha value is -4.94. The van der Waals surface area contributed by atoms with Gasteiger partial charge in [-0.05, 0) is 121 Å². The fraction of sp³-hybridized carbons (Fsp3) is 0. The van der Waals surface area contributed by atoms with Crippen LogP contribution < -0.4 is 0 Å². The summed E-state index contributed by atoms with van der Waals surface area (Å²) >= 11 is 0. The second-order valence-electron chi connectivity index (χ2n) is 10.9. The third kappa shape index (κ3) is 2.16. The molecule has 38 heavy (non-hydrogen) atoms. The first-order valence-electron chi connectivity index (χ1n) is 13.4. The van der Waals surface area contributed by atoms with E-state index in [0.717, 1.165) is 0 Å². The van der Waals surface area contributed by atoms with E-state index in [0.29, 0.717) is 0 Å². The van der Waals surface area contributed by atoms with E-state index in [1.807, 2.05) is 0 Å². The molecule has 0 aliphatic heterocycles. The lowest BCUT2D eigenvalue weighted by Crippen LogP contribution is -1.82. The number of hydrogen-bond donors (Lipinski definition) is 0. The zero-order valence-corrected chi connectivity index (χ0v) is 20.5. The van der Waals surface area contributed by atoms with Gasteiger partial charge in [0.1, 0.15) is 0 Å². The van der Waals surface area contributed by atoms with Crippen LogP contribution in [-0.2, 0) is 0 Å². The molecule has 0 radical (unpaired) electrons. The van der Waals surface area contributed by atoms with Crippen molar-refractivity contribution in [1.82, 2.24) is 0 Å². The van der Waals surface area contributed by atoms with Crippen molar-refractivity contribution in [2.75, 3.05) is 0 Å². The highest BCUT2D eigenvalue weighted by molar-refractivity contribution is 6.42. The van der Waals surface area contributed by atoms with Gasteiger partial charge in [0, 0.05) is 0 Å². The van der Waals surface area contributed by atoms with Gasteiger partial charge in [0.25, 0.3) is 0 Å². The van der Waals surface area contributed by atoms with Crippen LogP contribution in [0.2, 0.25) is 0 Å². The Morgan fingerprint density at radius 2 is 0.632 bits per heavy atom. The first-order chi connectivity index (χ1) is 18.8. The largest absolute Gasteiger partial charge is 0.0616 e. The van der Waals surface area contributed by atoms with Crippen molar-refractivity contribution in [2.45, 2.75) is 0 Å². The van der Waals surface area contributed by atoms with Gasteiger partial charge in [0.05, 0.1) is 0 Å². The van der Waals surface area contributed by atoms with Crippen molar-refractivity contribution in [3.05, 3.63) is 121 Å². The van der Waals surface area contributed by atoms with Gasteiger partial charge in [-0.25, -0.2) is 0 Å². The minimum Gasteiger partial charge on any atom is -0.0616 e. The third-order valence-electron chi connectivity index (χ3n) is 9.07. The van der Waals surface area contributed by atoms with Crippen LogP contribution in [-0.4, -0.2) is 0 Å². The maximum absolute atomic E-state index is 2.48. The van der Waals surface area contributed by atoms with Crippen molar-refractivity contribution < 1.29 is 0 Å². The number of hydrogen-bond acceptors (Lipinski definition) is 0. The van der Waals surface area contributed by atoms with Crippen molar-refractivity contribution in [3.8, 4) is 0 Å². The van der Waals surface area contributed by atoms with Gasteiger partial charge in [-0.15, -0.1) is 0 Å². The Balaban J connectivity index is 1.49. The van der Waals surface area contributed by atoms with Gasteiger partial charge < -0.3 is 0 Å². The van der Waals surface area contributed by atoms with Gasteiger partial charge in [-0.2, -0.15) is 0 Å². The lowest BCUT2D eigenvalue weighted by Gasteiger charge is -2.10. The molecule has 0 aromatic heterocycles. The highest BCUT2D eigenvalue weighted by Gasteiger charge is 2.20. The Morgan fingerprint density at radius 1 is 0.211 bits per heavy atom. The molecule has 0 bridgehead atoms. The van der Waals surface area contributed by atoms with Crippen LogP contribution in [0.3, 0.4) is 0 Å². The Kier molecular flexibility index (Phi) is 3.28. The smallest absolute Gasteiger partial charge is 0.00197 e. The monoisotopic (exact) mass is 476 g/mol. The molecule has 0 nitrogen and oxygen atoms in total. The van der Waals surface area contributed by atoms with Crippen LogP contribution >= 0.6 is 0 Å². The molecule has 0 N–H and O–H groups in total. The van der Waals surface area contributed by atoms with Crippen LogP contribution in [0.1, 0.15) is 0 Å². The number of benzene rings is 8. The summed E-state index contributed by atoms with van der Waals surface area (Å²) in [5, 5.41) is 24.3. The van der Waals surface area contributed by atoms with E-state index in [9.17, 15) is 0 Å². The molecule has 0 fully saturated rings. The summed E-state index contributed by atoms with van der Waals surface area (Å²) in [6.07, 6.45) is 0. The lowest BCUT2D eigenvalue weighted by molar-refractivity contribution is 1.81. The summed E-state index contributed by atoms with van der Waals surface area (Å²) in [6, 6.07) is 45.7. The molecule has 0 saturated heterocycles. The number of rotatable bonds is 0. The van der Waals surface area contributed by atoms with Gasteiger partial charge in [0.2, 0.25) is 0 Å². The topological polar surface area (TPSA) is 0 Å². The molecule has 0 amide bonds. The summed E-state index contributed by atoms with van der Waals surface area (Å²) in [7, 11) is 0. The summed E-state index contributed by atoms with van der Waals surface area (Å²) < 4.78 is 0. The molecule has 0 spiro atoms. The first kappa shape index (κ1) is 19.2. The summed E-state index contributed by atoms with van der Waals surface area (Å²) in [5.41, 5.74) is 0. The van der Waals surface area contributed by atoms with E-state index < -0.39 is 0 Å². The maximum Gasteiger partial charge on any atom is -0.00197 e. The maximum atomic E-state index is 2.48. The van der Waals surface area contributed by atoms with Crippen molar-refractivity contribution in [2.24, 2.45) is 0 Å². The van der Waals surface area contributed by atoms with Crippen LogP contribution in [0, 0.1) is 0 Å². The molecule has 10 aromatic carbocycles. The predicted molar refractivity (Wildman–Crippen MR) is 166 cm³/mol. The predicted octanol–water partition coefficient (Wildman–Crippen LogP) is 10.9. The Bertz CT molecular complexity index is 2600. The van der Waals surface area contributed by atoms with Crippen LogP contribution in [0.15, 0.2) is 121 Å². The second-order valence-corrected chi connectivity index (χ2v) is 10.9. The molecule has 0 saturated carbocycles. The summed E-state index contributed by atoms with van der Waals surface area (Å²) in [4.78, 5) is 0. The van der Waals surface area contributed by atoms with E-state index in [1.54, 1.807) is 0 Å². The molecule has 172 valence electrons.